The Balaban J connectivity index is 1.38. The summed E-state index contributed by atoms with van der Waals surface area (Å²) in [4.78, 5) is 29.0. The molecule has 1 aliphatic carbocycles. The Morgan fingerprint density at radius 1 is 1.18 bits per heavy atom. The van der Waals surface area contributed by atoms with Gasteiger partial charge in [0.1, 0.15) is 11.9 Å². The number of nitrogens with one attached hydrogen (secondary N) is 2. The van der Waals surface area contributed by atoms with Gasteiger partial charge in [0.15, 0.2) is 0 Å². The Labute approximate surface area is 164 Å². The highest BCUT2D eigenvalue weighted by molar-refractivity contribution is 5.88. The molecule has 4 rings (SSSR count). The van der Waals surface area contributed by atoms with Crippen molar-refractivity contribution in [2.75, 3.05) is 18.0 Å². The molecule has 1 aromatic carbocycles. The number of hydrogen-bond donors (Lipinski definition) is 2. The maximum Gasteiger partial charge on any atom is 0.416 e. The number of hydrogen-bond acceptors (Lipinski definition) is 5. The average molecular weight is 380 g/mol. The maximum atomic E-state index is 12.1. The third-order valence-corrected chi connectivity index (χ3v) is 4.94. The zero-order valence-electron chi connectivity index (χ0n) is 15.9. The van der Waals surface area contributed by atoms with E-state index in [4.69, 9.17) is 4.74 Å². The molecule has 2 heterocycles. The van der Waals surface area contributed by atoms with E-state index < -0.39 is 6.09 Å². The standard InChI is InChI=1S/C21H24N4O3/c1-14(26)22-12-19-13-25(21(27)28-19)20-9-6-17(11-24-20)16-4-2-15(3-5-16)10-23-18-7-8-18/h2-6,9,11,18-19,23H,7-8,10,12-13H2,1H3,(H,22,26). The molecule has 146 valence electrons. The first-order valence-corrected chi connectivity index (χ1v) is 9.60. The van der Waals surface area contributed by atoms with Crippen LogP contribution in [0.3, 0.4) is 0 Å². The first kappa shape index (κ1) is 18.4. The van der Waals surface area contributed by atoms with E-state index in [1.807, 2.05) is 12.1 Å². The second kappa shape index (κ2) is 7.98. The predicted molar refractivity (Wildman–Crippen MR) is 106 cm³/mol. The molecule has 2 N–H and O–H groups in total. The summed E-state index contributed by atoms with van der Waals surface area (Å²) >= 11 is 0. The lowest BCUT2D eigenvalue weighted by atomic mass is 10.1. The lowest BCUT2D eigenvalue weighted by Crippen LogP contribution is -2.33. The first-order valence-electron chi connectivity index (χ1n) is 9.60. The monoisotopic (exact) mass is 380 g/mol. The van der Waals surface area contributed by atoms with E-state index in [0.717, 1.165) is 17.7 Å². The number of ether oxygens (including phenoxy) is 1. The molecule has 0 spiro atoms. The van der Waals surface area contributed by atoms with Crippen molar-refractivity contribution in [3.63, 3.8) is 0 Å². The number of cyclic esters (lactones) is 1. The number of anilines is 1. The van der Waals surface area contributed by atoms with E-state index >= 15 is 0 Å². The number of aromatic nitrogens is 1. The fraction of sp³-hybridized carbons (Fsp3) is 0.381. The summed E-state index contributed by atoms with van der Waals surface area (Å²) in [5.41, 5.74) is 3.35. The van der Waals surface area contributed by atoms with Crippen LogP contribution in [0, 0.1) is 0 Å². The van der Waals surface area contributed by atoms with Crippen LogP contribution in [0.5, 0.6) is 0 Å². The van der Waals surface area contributed by atoms with Crippen LogP contribution in [0.25, 0.3) is 11.1 Å². The van der Waals surface area contributed by atoms with Gasteiger partial charge >= 0.3 is 6.09 Å². The van der Waals surface area contributed by atoms with Crippen molar-refractivity contribution in [3.8, 4) is 11.1 Å². The Hall–Kier alpha value is -2.93. The molecule has 2 fully saturated rings. The molecule has 1 unspecified atom stereocenters. The minimum atomic E-state index is -0.442. The van der Waals surface area contributed by atoms with Crippen LogP contribution < -0.4 is 15.5 Å². The lowest BCUT2D eigenvalue weighted by Gasteiger charge is -2.12. The summed E-state index contributed by atoms with van der Waals surface area (Å²) < 4.78 is 5.28. The molecule has 0 radical (unpaired) electrons. The zero-order valence-corrected chi connectivity index (χ0v) is 15.9. The van der Waals surface area contributed by atoms with E-state index in [0.29, 0.717) is 24.9 Å². The minimum Gasteiger partial charge on any atom is -0.442 e. The van der Waals surface area contributed by atoms with Crippen LogP contribution in [0.1, 0.15) is 25.3 Å². The van der Waals surface area contributed by atoms with Crippen molar-refractivity contribution in [3.05, 3.63) is 48.2 Å². The smallest absolute Gasteiger partial charge is 0.416 e. The van der Waals surface area contributed by atoms with E-state index in [1.165, 1.54) is 30.2 Å². The van der Waals surface area contributed by atoms with Crippen molar-refractivity contribution in [1.82, 2.24) is 15.6 Å². The highest BCUT2D eigenvalue weighted by Gasteiger charge is 2.33. The SMILES string of the molecule is CC(=O)NCC1CN(c2ccc(-c3ccc(CNC4CC4)cc3)cn2)C(=O)O1. The van der Waals surface area contributed by atoms with Crippen LogP contribution in [0.15, 0.2) is 42.6 Å². The van der Waals surface area contributed by atoms with Gasteiger partial charge in [-0.1, -0.05) is 24.3 Å². The maximum absolute atomic E-state index is 12.1. The average Bonchev–Trinajstić information content (AvgIpc) is 3.46. The Bertz CT molecular complexity index is 847. The molecule has 7 nitrogen and oxygen atoms in total. The molecule has 1 aliphatic heterocycles. The van der Waals surface area contributed by atoms with E-state index in [1.54, 1.807) is 6.20 Å². The van der Waals surface area contributed by atoms with E-state index in [-0.39, 0.29) is 12.0 Å². The molecule has 1 saturated heterocycles. The van der Waals surface area contributed by atoms with Crippen molar-refractivity contribution < 1.29 is 14.3 Å². The quantitative estimate of drug-likeness (QED) is 0.771. The molecule has 7 heteroatoms. The lowest BCUT2D eigenvalue weighted by molar-refractivity contribution is -0.119. The highest BCUT2D eigenvalue weighted by atomic mass is 16.6. The van der Waals surface area contributed by atoms with Gasteiger partial charge in [-0.3, -0.25) is 9.69 Å². The molecule has 1 atom stereocenters. The summed E-state index contributed by atoms with van der Waals surface area (Å²) in [6.07, 6.45) is 3.53. The molecular weight excluding hydrogens is 356 g/mol. The topological polar surface area (TPSA) is 83.6 Å². The van der Waals surface area contributed by atoms with Gasteiger partial charge in [0, 0.05) is 31.3 Å². The van der Waals surface area contributed by atoms with Crippen LogP contribution >= 0.6 is 0 Å². The predicted octanol–water partition coefficient (Wildman–Crippen LogP) is 2.46. The molecule has 0 bridgehead atoms. The largest absolute Gasteiger partial charge is 0.442 e. The van der Waals surface area contributed by atoms with Crippen molar-refractivity contribution in [2.45, 2.75) is 38.5 Å². The molecule has 1 aromatic heterocycles. The molecule has 1 saturated carbocycles. The minimum absolute atomic E-state index is 0.147. The van der Waals surface area contributed by atoms with Gasteiger partial charge in [0.25, 0.3) is 0 Å². The fourth-order valence-corrected chi connectivity index (χ4v) is 3.15. The third kappa shape index (κ3) is 4.48. The van der Waals surface area contributed by atoms with Gasteiger partial charge in [-0.25, -0.2) is 9.78 Å². The molecule has 2 amide bonds. The zero-order chi connectivity index (χ0) is 19.5. The van der Waals surface area contributed by atoms with Crippen LogP contribution in [-0.4, -0.2) is 42.2 Å². The number of nitrogens with zero attached hydrogens (tertiary/aromatic N) is 2. The van der Waals surface area contributed by atoms with Gasteiger partial charge in [-0.15, -0.1) is 0 Å². The Morgan fingerprint density at radius 3 is 2.57 bits per heavy atom. The Kier molecular flexibility index (Phi) is 5.25. The summed E-state index contributed by atoms with van der Waals surface area (Å²) in [6.45, 7) is 3.01. The summed E-state index contributed by atoms with van der Waals surface area (Å²) in [7, 11) is 0. The van der Waals surface area contributed by atoms with Gasteiger partial charge in [-0.2, -0.15) is 0 Å². The van der Waals surface area contributed by atoms with Crippen molar-refractivity contribution in [2.24, 2.45) is 0 Å². The number of benzene rings is 1. The first-order chi connectivity index (χ1) is 13.6. The molecular formula is C21H24N4O3. The molecule has 28 heavy (non-hydrogen) atoms. The van der Waals surface area contributed by atoms with E-state index in [2.05, 4.69) is 39.9 Å². The van der Waals surface area contributed by atoms with Crippen molar-refractivity contribution in [1.29, 1.82) is 0 Å². The second-order valence-electron chi connectivity index (χ2n) is 7.31. The molecule has 2 aromatic rings. The number of carbonyl (C=O) groups excluding carboxylic acids is 2. The molecule has 2 aliphatic rings. The van der Waals surface area contributed by atoms with Crippen LogP contribution in [-0.2, 0) is 16.1 Å². The normalized spacial score (nSPS) is 18.8. The number of rotatable bonds is 7. The van der Waals surface area contributed by atoms with Gasteiger partial charge in [0.05, 0.1) is 13.1 Å². The second-order valence-corrected chi connectivity index (χ2v) is 7.31. The highest BCUT2D eigenvalue weighted by Crippen LogP contribution is 2.24. The van der Waals surface area contributed by atoms with Crippen molar-refractivity contribution >= 4 is 17.8 Å². The van der Waals surface area contributed by atoms with Crippen LogP contribution in [0.2, 0.25) is 0 Å². The van der Waals surface area contributed by atoms with Crippen LogP contribution in [0.4, 0.5) is 10.6 Å². The number of pyridine rings is 1. The summed E-state index contributed by atoms with van der Waals surface area (Å²) in [6, 6.07) is 12.9. The number of carbonyl (C=O) groups is 2. The van der Waals surface area contributed by atoms with Gasteiger partial charge in [0.2, 0.25) is 5.91 Å². The summed E-state index contributed by atoms with van der Waals surface area (Å²) in [5, 5.41) is 6.17. The van der Waals surface area contributed by atoms with Gasteiger partial charge in [-0.05, 0) is 36.1 Å². The number of amides is 2. The summed E-state index contributed by atoms with van der Waals surface area (Å²) in [5.74, 6) is 0.399. The van der Waals surface area contributed by atoms with Gasteiger partial charge < -0.3 is 15.4 Å². The van der Waals surface area contributed by atoms with E-state index in [9.17, 15) is 9.59 Å². The third-order valence-electron chi connectivity index (χ3n) is 4.94. The fourth-order valence-electron chi connectivity index (χ4n) is 3.15. The Morgan fingerprint density at radius 2 is 1.93 bits per heavy atom.